The molecule has 1 aliphatic heterocycles. The normalized spacial score (nSPS) is 15.3. The molecule has 0 fully saturated rings. The van der Waals surface area contributed by atoms with Gasteiger partial charge in [-0.1, -0.05) is 31.2 Å². The Bertz CT molecular complexity index is 1200. The summed E-state index contributed by atoms with van der Waals surface area (Å²) >= 11 is 0. The fraction of sp³-hybridized carbons (Fsp3) is 0.391. The molecule has 0 saturated carbocycles. The van der Waals surface area contributed by atoms with E-state index in [1.807, 2.05) is 12.2 Å². The van der Waals surface area contributed by atoms with E-state index in [1.165, 1.54) is 18.2 Å². The zero-order valence-corrected chi connectivity index (χ0v) is 19.5. The van der Waals surface area contributed by atoms with Gasteiger partial charge in [0.15, 0.2) is 0 Å². The molecule has 1 unspecified atom stereocenters. The maximum absolute atomic E-state index is 14.3. The van der Waals surface area contributed by atoms with Crippen molar-refractivity contribution in [3.8, 4) is 0 Å². The molecule has 184 valence electrons. The number of rotatable bonds is 8. The van der Waals surface area contributed by atoms with Gasteiger partial charge in [0.25, 0.3) is 0 Å². The molecule has 2 heterocycles. The SMILES string of the molecule is CC(C(=O)CCc1ccc(C(F)(F)F)nc1N1CC=CCC1)c1ccc(NS(C)(=O)=O)c(F)c1. The second-order valence-electron chi connectivity index (χ2n) is 8.18. The lowest BCUT2D eigenvalue weighted by Gasteiger charge is -2.27. The number of aryl methyl sites for hydroxylation is 1. The molecule has 0 spiro atoms. The van der Waals surface area contributed by atoms with Crippen molar-refractivity contribution in [3.05, 3.63) is 65.1 Å². The van der Waals surface area contributed by atoms with E-state index >= 15 is 0 Å². The van der Waals surface area contributed by atoms with Gasteiger partial charge < -0.3 is 4.90 Å². The van der Waals surface area contributed by atoms with Gasteiger partial charge in [0, 0.05) is 25.4 Å². The first-order chi connectivity index (χ1) is 15.8. The molecule has 1 N–H and O–H groups in total. The largest absolute Gasteiger partial charge is 0.433 e. The minimum absolute atomic E-state index is 0.0237. The van der Waals surface area contributed by atoms with Gasteiger partial charge in [-0.2, -0.15) is 13.2 Å². The summed E-state index contributed by atoms with van der Waals surface area (Å²) in [6, 6.07) is 6.07. The van der Waals surface area contributed by atoms with E-state index in [2.05, 4.69) is 9.71 Å². The van der Waals surface area contributed by atoms with Gasteiger partial charge in [0.1, 0.15) is 23.1 Å². The predicted molar refractivity (Wildman–Crippen MR) is 122 cm³/mol. The van der Waals surface area contributed by atoms with Crippen LogP contribution in [0.5, 0.6) is 0 Å². The van der Waals surface area contributed by atoms with Crippen molar-refractivity contribution in [3.63, 3.8) is 0 Å². The number of anilines is 2. The quantitative estimate of drug-likeness (QED) is 0.421. The summed E-state index contributed by atoms with van der Waals surface area (Å²) in [5.74, 6) is -1.52. The third kappa shape index (κ3) is 6.55. The minimum Gasteiger partial charge on any atom is -0.352 e. The second kappa shape index (κ2) is 10.1. The fourth-order valence-electron chi connectivity index (χ4n) is 3.68. The molecule has 1 aromatic heterocycles. The molecule has 0 amide bonds. The number of hydrogen-bond donors (Lipinski definition) is 1. The Kier molecular flexibility index (Phi) is 7.64. The first-order valence-corrected chi connectivity index (χ1v) is 12.5. The predicted octanol–water partition coefficient (Wildman–Crippen LogP) is 4.68. The van der Waals surface area contributed by atoms with Crippen molar-refractivity contribution in [1.29, 1.82) is 0 Å². The molecule has 1 aliphatic rings. The Balaban J connectivity index is 1.76. The molecule has 2 aromatic rings. The van der Waals surface area contributed by atoms with Crippen LogP contribution in [0.4, 0.5) is 29.1 Å². The molecule has 6 nitrogen and oxygen atoms in total. The monoisotopic (exact) mass is 499 g/mol. The van der Waals surface area contributed by atoms with E-state index in [4.69, 9.17) is 0 Å². The lowest BCUT2D eigenvalue weighted by molar-refractivity contribution is -0.141. The highest BCUT2D eigenvalue weighted by Crippen LogP contribution is 2.32. The first-order valence-electron chi connectivity index (χ1n) is 10.6. The Morgan fingerprint density at radius 2 is 1.94 bits per heavy atom. The lowest BCUT2D eigenvalue weighted by Crippen LogP contribution is -2.29. The van der Waals surface area contributed by atoms with Crippen molar-refractivity contribution in [1.82, 2.24) is 4.98 Å². The number of aromatic nitrogens is 1. The van der Waals surface area contributed by atoms with Crippen LogP contribution in [-0.2, 0) is 27.4 Å². The van der Waals surface area contributed by atoms with Gasteiger partial charge in [0.2, 0.25) is 10.0 Å². The number of nitrogens with one attached hydrogen (secondary N) is 1. The number of nitrogens with zero attached hydrogens (tertiary/aromatic N) is 2. The van der Waals surface area contributed by atoms with Crippen molar-refractivity contribution >= 4 is 27.3 Å². The summed E-state index contributed by atoms with van der Waals surface area (Å²) in [5, 5.41) is 0. The van der Waals surface area contributed by atoms with Gasteiger partial charge in [0.05, 0.1) is 11.9 Å². The zero-order chi connectivity index (χ0) is 25.1. The van der Waals surface area contributed by atoms with Crippen LogP contribution >= 0.6 is 0 Å². The van der Waals surface area contributed by atoms with Gasteiger partial charge in [-0.3, -0.25) is 9.52 Å². The Morgan fingerprint density at radius 1 is 1.21 bits per heavy atom. The molecule has 0 saturated heterocycles. The van der Waals surface area contributed by atoms with Crippen LogP contribution in [0.15, 0.2) is 42.5 Å². The average Bonchev–Trinajstić information content (AvgIpc) is 2.77. The number of halogens is 4. The van der Waals surface area contributed by atoms with Gasteiger partial charge in [-0.05, 0) is 42.2 Å². The molecule has 1 aromatic carbocycles. The molecular weight excluding hydrogens is 474 g/mol. The summed E-state index contributed by atoms with van der Waals surface area (Å²) in [7, 11) is -3.66. The van der Waals surface area contributed by atoms with Crippen molar-refractivity contribution < 1.29 is 30.8 Å². The molecule has 1 atom stereocenters. The van der Waals surface area contributed by atoms with Crippen LogP contribution in [0.3, 0.4) is 0 Å². The Morgan fingerprint density at radius 3 is 2.53 bits per heavy atom. The molecule has 3 rings (SSSR count). The molecule has 11 heteroatoms. The Labute approximate surface area is 195 Å². The Hall–Kier alpha value is -2.95. The van der Waals surface area contributed by atoms with Crippen molar-refractivity contribution in [2.75, 3.05) is 29.0 Å². The van der Waals surface area contributed by atoms with Gasteiger partial charge in [-0.25, -0.2) is 17.8 Å². The summed E-state index contributed by atoms with van der Waals surface area (Å²) in [4.78, 5) is 18.4. The smallest absolute Gasteiger partial charge is 0.352 e. The van der Waals surface area contributed by atoms with Gasteiger partial charge >= 0.3 is 6.18 Å². The van der Waals surface area contributed by atoms with Crippen LogP contribution in [-0.4, -0.2) is 38.5 Å². The maximum atomic E-state index is 14.3. The highest BCUT2D eigenvalue weighted by atomic mass is 32.2. The van der Waals surface area contributed by atoms with E-state index in [0.717, 1.165) is 18.4 Å². The number of Topliss-reactive ketones (excluding diaryl/α,β-unsaturated/α-hetero) is 1. The molecule has 0 bridgehead atoms. The number of hydrogen-bond acceptors (Lipinski definition) is 5. The van der Waals surface area contributed by atoms with E-state index in [-0.39, 0.29) is 30.1 Å². The van der Waals surface area contributed by atoms with E-state index in [9.17, 15) is 30.8 Å². The standard InChI is InChI=1S/C23H25F4N3O3S/c1-15(17-6-9-19(18(24)14-17)29-34(2,32)33)20(31)10-7-16-8-11-21(23(25,26)27)28-22(16)30-12-4-3-5-13-30/h3-4,6,8-9,11,14-15,29H,5,7,10,12-13H2,1-2H3. The average molecular weight is 500 g/mol. The number of ketones is 1. The first kappa shape index (κ1) is 25.7. The van der Waals surface area contributed by atoms with Crippen LogP contribution < -0.4 is 9.62 Å². The maximum Gasteiger partial charge on any atom is 0.433 e. The van der Waals surface area contributed by atoms with Crippen LogP contribution in [0, 0.1) is 5.82 Å². The topological polar surface area (TPSA) is 79.4 Å². The summed E-state index contributed by atoms with van der Waals surface area (Å²) in [6.07, 6.45) is 1.02. The minimum atomic E-state index is -4.58. The number of alkyl halides is 3. The van der Waals surface area contributed by atoms with Crippen LogP contribution in [0.1, 0.15) is 42.5 Å². The van der Waals surface area contributed by atoms with Crippen LogP contribution in [0.25, 0.3) is 0 Å². The molecule has 0 radical (unpaired) electrons. The molecule has 0 aliphatic carbocycles. The number of sulfonamides is 1. The van der Waals surface area contributed by atoms with Gasteiger partial charge in [-0.15, -0.1) is 0 Å². The zero-order valence-electron chi connectivity index (χ0n) is 18.7. The number of carbonyl (C=O) groups excluding carboxylic acids is 1. The van der Waals surface area contributed by atoms with Crippen molar-refractivity contribution in [2.45, 2.75) is 38.3 Å². The third-order valence-corrected chi connectivity index (χ3v) is 6.11. The van der Waals surface area contributed by atoms with E-state index in [0.29, 0.717) is 30.6 Å². The van der Waals surface area contributed by atoms with E-state index in [1.54, 1.807) is 11.8 Å². The summed E-state index contributed by atoms with van der Waals surface area (Å²) in [6.45, 7) is 2.55. The number of carbonyl (C=O) groups is 1. The van der Waals surface area contributed by atoms with Crippen LogP contribution in [0.2, 0.25) is 0 Å². The summed E-state index contributed by atoms with van der Waals surface area (Å²) < 4.78 is 78.6. The molecule has 34 heavy (non-hydrogen) atoms. The number of benzene rings is 1. The lowest BCUT2D eigenvalue weighted by atomic mass is 9.92. The molecular formula is C23H25F4N3O3S. The van der Waals surface area contributed by atoms with Crippen molar-refractivity contribution in [2.24, 2.45) is 0 Å². The van der Waals surface area contributed by atoms with E-state index < -0.39 is 33.6 Å². The second-order valence-corrected chi connectivity index (χ2v) is 9.93. The highest BCUT2D eigenvalue weighted by molar-refractivity contribution is 7.92. The third-order valence-electron chi connectivity index (χ3n) is 5.52. The fourth-order valence-corrected chi connectivity index (χ4v) is 4.25. The highest BCUT2D eigenvalue weighted by Gasteiger charge is 2.33. The number of pyridine rings is 1. The summed E-state index contributed by atoms with van der Waals surface area (Å²) in [5.41, 5.74) is -0.308.